The maximum atomic E-state index is 14.0. The van der Waals surface area contributed by atoms with Crippen molar-refractivity contribution in [2.24, 2.45) is 5.92 Å². The van der Waals surface area contributed by atoms with Crippen LogP contribution in [0.25, 0.3) is 11.1 Å². The van der Waals surface area contributed by atoms with Crippen molar-refractivity contribution >= 4 is 45.4 Å². The van der Waals surface area contributed by atoms with Gasteiger partial charge in [-0.3, -0.25) is 25.2 Å². The summed E-state index contributed by atoms with van der Waals surface area (Å²) in [5.74, 6) is 4.03. The van der Waals surface area contributed by atoms with Crippen LogP contribution in [0.1, 0.15) is 23.2 Å². The van der Waals surface area contributed by atoms with E-state index in [1.165, 1.54) is 31.3 Å². The zero-order valence-corrected chi connectivity index (χ0v) is 19.9. The number of halogens is 2. The van der Waals surface area contributed by atoms with Crippen LogP contribution in [-0.2, 0) is 11.3 Å². The first-order valence-electron chi connectivity index (χ1n) is 10.1. The minimum atomic E-state index is -0.820. The topological polar surface area (TPSA) is 119 Å². The lowest BCUT2D eigenvalue weighted by Gasteiger charge is -2.16. The summed E-state index contributed by atoms with van der Waals surface area (Å²) in [4.78, 5) is 39.1. The molecule has 3 rings (SSSR count). The number of nitrogens with one attached hydrogen (secondary N) is 3. The molecule has 0 saturated heterocycles. The van der Waals surface area contributed by atoms with Gasteiger partial charge in [-0.05, 0) is 48.7 Å². The van der Waals surface area contributed by atoms with Crippen LogP contribution in [0.5, 0.6) is 0 Å². The number of benzene rings is 1. The highest BCUT2D eigenvalue weighted by Crippen LogP contribution is 2.31. The summed E-state index contributed by atoms with van der Waals surface area (Å²) in [6.45, 7) is -0.295. The maximum absolute atomic E-state index is 14.0. The molecule has 2 amide bonds. The fourth-order valence-electron chi connectivity index (χ4n) is 2.81. The van der Waals surface area contributed by atoms with Gasteiger partial charge in [0.1, 0.15) is 17.4 Å². The van der Waals surface area contributed by atoms with E-state index in [9.17, 15) is 18.8 Å². The Morgan fingerprint density at radius 3 is 2.62 bits per heavy atom. The van der Waals surface area contributed by atoms with Gasteiger partial charge < -0.3 is 14.8 Å². The molecule has 0 atom stereocenters. The number of amides is 2. The average Bonchev–Trinajstić information content (AvgIpc) is 3.59. The highest BCUT2D eigenvalue weighted by atomic mass is 35.5. The molecule has 3 N–H and O–H groups in total. The molecule has 0 spiro atoms. The first kappa shape index (κ1) is 25.2. The van der Waals surface area contributed by atoms with Gasteiger partial charge in [0, 0.05) is 48.4 Å². The number of hydrogen-bond acceptors (Lipinski definition) is 6. The molecule has 1 aliphatic rings. The summed E-state index contributed by atoms with van der Waals surface area (Å²) in [5.41, 5.74) is -0.555. The lowest BCUT2D eigenvalue weighted by atomic mass is 10.0. The molecule has 0 unspecified atom stereocenters. The molecule has 1 aromatic carbocycles. The van der Waals surface area contributed by atoms with Crippen LogP contribution in [0.3, 0.4) is 0 Å². The second-order valence-corrected chi connectivity index (χ2v) is 9.17. The Balaban J connectivity index is 1.94. The number of hydrogen-bond donors (Lipinski definition) is 3. The number of thioether (sulfide) groups is 1. The van der Waals surface area contributed by atoms with E-state index in [2.05, 4.69) is 17.2 Å². The SMILES string of the molecule is CN(C)C(=O)Cn1cc(-c2cc(F)ccc2Cl)c(C(=O)NC(=N)SC(=N)C#CC2CC2)cc1=O. The molecule has 176 valence electrons. The van der Waals surface area contributed by atoms with Crippen molar-refractivity contribution in [1.82, 2.24) is 14.8 Å². The zero-order chi connectivity index (χ0) is 25.0. The van der Waals surface area contributed by atoms with Gasteiger partial charge in [0.2, 0.25) is 5.91 Å². The van der Waals surface area contributed by atoms with Crippen molar-refractivity contribution in [2.45, 2.75) is 19.4 Å². The van der Waals surface area contributed by atoms with Gasteiger partial charge >= 0.3 is 0 Å². The standard InChI is InChI=1S/C23H21ClFN5O3S/c1-29(2)21(32)12-30-11-17(15-9-14(25)6-7-18(15)24)16(10-20(30)31)22(33)28-23(27)34-19(26)8-5-13-3-4-13/h6-7,9-11,13,26H,3-4,12H2,1-2H3,(H2,27,28,33). The van der Waals surface area contributed by atoms with E-state index < -0.39 is 17.3 Å². The number of nitrogens with zero attached hydrogens (tertiary/aromatic N) is 2. The fourth-order valence-corrected chi connectivity index (χ4v) is 3.49. The first-order chi connectivity index (χ1) is 16.0. The Hall–Kier alpha value is -3.42. The number of rotatable bonds is 4. The van der Waals surface area contributed by atoms with E-state index >= 15 is 0 Å². The molecule has 1 heterocycles. The van der Waals surface area contributed by atoms with Crippen LogP contribution in [0, 0.1) is 34.4 Å². The van der Waals surface area contributed by atoms with Crippen LogP contribution in [-0.4, -0.2) is 45.6 Å². The molecule has 0 radical (unpaired) electrons. The lowest BCUT2D eigenvalue weighted by molar-refractivity contribution is -0.129. The van der Waals surface area contributed by atoms with Crippen LogP contribution < -0.4 is 10.9 Å². The normalized spacial score (nSPS) is 12.4. The highest BCUT2D eigenvalue weighted by Gasteiger charge is 2.21. The van der Waals surface area contributed by atoms with E-state index in [1.807, 2.05) is 0 Å². The third-order valence-corrected chi connectivity index (χ3v) is 5.73. The second-order valence-electron chi connectivity index (χ2n) is 7.74. The van der Waals surface area contributed by atoms with Gasteiger partial charge in [-0.15, -0.1) is 0 Å². The third-order valence-electron chi connectivity index (χ3n) is 4.79. The molecule has 1 fully saturated rings. The van der Waals surface area contributed by atoms with Gasteiger partial charge in [-0.1, -0.05) is 17.5 Å². The molecule has 2 aromatic rings. The molecule has 1 aliphatic carbocycles. The number of carbonyl (C=O) groups is 2. The number of aromatic nitrogens is 1. The second kappa shape index (κ2) is 10.7. The van der Waals surface area contributed by atoms with E-state index in [4.69, 9.17) is 22.4 Å². The van der Waals surface area contributed by atoms with Crippen LogP contribution in [0.4, 0.5) is 4.39 Å². The minimum absolute atomic E-state index is 0.0942. The molecule has 11 heteroatoms. The number of pyridine rings is 1. The van der Waals surface area contributed by atoms with Gasteiger partial charge in [0.25, 0.3) is 11.5 Å². The van der Waals surface area contributed by atoms with Gasteiger partial charge in [-0.2, -0.15) is 0 Å². The van der Waals surface area contributed by atoms with Crippen molar-refractivity contribution in [3.05, 3.63) is 57.2 Å². The monoisotopic (exact) mass is 501 g/mol. The van der Waals surface area contributed by atoms with Crippen molar-refractivity contribution in [3.8, 4) is 23.0 Å². The van der Waals surface area contributed by atoms with Crippen molar-refractivity contribution in [3.63, 3.8) is 0 Å². The van der Waals surface area contributed by atoms with Crippen molar-refractivity contribution in [2.75, 3.05) is 14.1 Å². The molecule has 0 bridgehead atoms. The Morgan fingerprint density at radius 2 is 1.97 bits per heavy atom. The largest absolute Gasteiger partial charge is 0.347 e. The summed E-state index contributed by atoms with van der Waals surface area (Å²) < 4.78 is 15.1. The Bertz CT molecular complexity index is 1310. The van der Waals surface area contributed by atoms with Crippen molar-refractivity contribution < 1.29 is 14.0 Å². The summed E-state index contributed by atoms with van der Waals surface area (Å²) in [6, 6.07) is 4.58. The number of likely N-dealkylation sites (N-methyl/N-ethyl adjacent to an activating group) is 1. The van der Waals surface area contributed by atoms with E-state index in [1.54, 1.807) is 0 Å². The summed E-state index contributed by atoms with van der Waals surface area (Å²) in [5, 5.41) is 17.8. The Morgan fingerprint density at radius 1 is 1.26 bits per heavy atom. The van der Waals surface area contributed by atoms with Crippen molar-refractivity contribution in [1.29, 1.82) is 10.8 Å². The predicted octanol–water partition coefficient (Wildman–Crippen LogP) is 3.18. The molecular formula is C23H21ClFN5O3S. The van der Waals surface area contributed by atoms with Crippen LogP contribution >= 0.6 is 23.4 Å². The van der Waals surface area contributed by atoms with Gasteiger partial charge in [0.15, 0.2) is 5.17 Å². The molecule has 34 heavy (non-hydrogen) atoms. The van der Waals surface area contributed by atoms with Crippen LogP contribution in [0.15, 0.2) is 35.3 Å². The smallest absolute Gasteiger partial charge is 0.258 e. The zero-order valence-electron chi connectivity index (χ0n) is 18.4. The minimum Gasteiger partial charge on any atom is -0.347 e. The van der Waals surface area contributed by atoms with E-state index in [-0.39, 0.29) is 50.3 Å². The Kier molecular flexibility index (Phi) is 7.91. The highest BCUT2D eigenvalue weighted by molar-refractivity contribution is 8.26. The van der Waals surface area contributed by atoms with E-state index in [0.717, 1.165) is 35.6 Å². The van der Waals surface area contributed by atoms with Crippen LogP contribution in [0.2, 0.25) is 5.02 Å². The third kappa shape index (κ3) is 6.56. The van der Waals surface area contributed by atoms with Gasteiger partial charge in [0.05, 0.1) is 5.56 Å². The first-order valence-corrected chi connectivity index (χ1v) is 11.3. The summed E-state index contributed by atoms with van der Waals surface area (Å²) in [7, 11) is 3.07. The lowest BCUT2D eigenvalue weighted by Crippen LogP contribution is -2.34. The quantitative estimate of drug-likeness (QED) is 0.338. The van der Waals surface area contributed by atoms with Gasteiger partial charge in [-0.25, -0.2) is 4.39 Å². The fraction of sp³-hybridized carbons (Fsp3) is 0.261. The molecular weight excluding hydrogens is 481 g/mol. The Labute approximate surface area is 204 Å². The summed E-state index contributed by atoms with van der Waals surface area (Å²) in [6.07, 6.45) is 3.26. The average molecular weight is 502 g/mol. The predicted molar refractivity (Wildman–Crippen MR) is 131 cm³/mol. The maximum Gasteiger partial charge on any atom is 0.258 e. The summed E-state index contributed by atoms with van der Waals surface area (Å²) >= 11 is 6.91. The number of amidine groups is 1. The number of carbonyl (C=O) groups excluding carboxylic acids is 2. The molecule has 8 nitrogen and oxygen atoms in total. The molecule has 1 aromatic heterocycles. The molecule has 0 aliphatic heterocycles. The molecule has 1 saturated carbocycles. The van der Waals surface area contributed by atoms with E-state index in [0.29, 0.717) is 11.8 Å².